The molecule has 2 heterocycles. The molecule has 1 saturated carbocycles. The van der Waals surface area contributed by atoms with E-state index in [1.807, 2.05) is 35.2 Å². The van der Waals surface area contributed by atoms with Crippen molar-refractivity contribution >= 4 is 52.2 Å². The van der Waals surface area contributed by atoms with Crippen LogP contribution in [0.4, 0.5) is 5.69 Å². The Morgan fingerprint density at radius 1 is 1.11 bits per heavy atom. The van der Waals surface area contributed by atoms with Crippen molar-refractivity contribution in [3.05, 3.63) is 81.9 Å². The van der Waals surface area contributed by atoms with Crippen molar-refractivity contribution in [1.29, 1.82) is 0 Å². The van der Waals surface area contributed by atoms with E-state index in [4.69, 9.17) is 25.7 Å². The Morgan fingerprint density at radius 3 is 2.61 bits per heavy atom. The lowest BCUT2D eigenvalue weighted by Crippen LogP contribution is -2.40. The van der Waals surface area contributed by atoms with E-state index in [1.54, 1.807) is 50.3 Å². The van der Waals surface area contributed by atoms with Crippen molar-refractivity contribution in [3.8, 4) is 11.3 Å². The number of halogens is 1. The molecule has 0 N–H and O–H groups in total. The minimum atomic E-state index is -0.450. The van der Waals surface area contributed by atoms with E-state index in [1.165, 1.54) is 18.2 Å². The molecule has 0 radical (unpaired) electrons. The number of hydrogen-bond acceptors (Lipinski definition) is 6. The monoisotopic (exact) mass is 548 g/mol. The number of para-hydroxylation sites is 1. The van der Waals surface area contributed by atoms with Gasteiger partial charge in [0.15, 0.2) is 5.17 Å². The van der Waals surface area contributed by atoms with E-state index in [9.17, 15) is 9.59 Å². The highest BCUT2D eigenvalue weighted by Gasteiger charge is 2.39. The smallest absolute Gasteiger partial charge is 0.339 e. The van der Waals surface area contributed by atoms with Gasteiger partial charge in [-0.25, -0.2) is 9.79 Å². The van der Waals surface area contributed by atoms with Gasteiger partial charge >= 0.3 is 5.97 Å². The van der Waals surface area contributed by atoms with Gasteiger partial charge in [-0.15, -0.1) is 0 Å². The number of thioether (sulfide) groups is 1. The van der Waals surface area contributed by atoms with Gasteiger partial charge < -0.3 is 9.15 Å². The zero-order valence-electron chi connectivity index (χ0n) is 21.4. The number of benzene rings is 2. The van der Waals surface area contributed by atoms with Crippen LogP contribution in [0.5, 0.6) is 0 Å². The molecule has 1 aromatic heterocycles. The van der Waals surface area contributed by atoms with E-state index >= 15 is 0 Å². The van der Waals surface area contributed by atoms with Crippen LogP contribution in [0.1, 0.15) is 62.1 Å². The molecule has 196 valence electrons. The normalized spacial score (nSPS) is 18.6. The topological polar surface area (TPSA) is 72.1 Å². The standard InChI is InChI=1S/C30H29ClN2O4S/c1-19(2)36-29(35)24-15-13-20(31)17-25(24)26-16-14-23(37-26)18-27-28(34)33(22-11-7-4-8-12-22)30(38-27)32-21-9-5-3-6-10-21/h3,5-6,9-10,13-19,22H,4,7-8,11-12H2,1-2H3/b27-18+,32-30?. The van der Waals surface area contributed by atoms with E-state index in [2.05, 4.69) is 0 Å². The number of esters is 1. The van der Waals surface area contributed by atoms with E-state index < -0.39 is 5.97 Å². The quantitative estimate of drug-likeness (QED) is 0.230. The third-order valence-corrected chi connectivity index (χ3v) is 7.69. The minimum Gasteiger partial charge on any atom is -0.459 e. The van der Waals surface area contributed by atoms with Gasteiger partial charge in [0.2, 0.25) is 0 Å². The van der Waals surface area contributed by atoms with Gasteiger partial charge in [-0.3, -0.25) is 9.69 Å². The molecule has 0 atom stereocenters. The third kappa shape index (κ3) is 5.89. The summed E-state index contributed by atoms with van der Waals surface area (Å²) in [5.41, 5.74) is 1.71. The Balaban J connectivity index is 1.46. The second-order valence-electron chi connectivity index (χ2n) is 9.65. The predicted octanol–water partition coefficient (Wildman–Crippen LogP) is 8.10. The van der Waals surface area contributed by atoms with Crippen molar-refractivity contribution in [1.82, 2.24) is 4.90 Å². The summed E-state index contributed by atoms with van der Waals surface area (Å²) >= 11 is 7.61. The maximum atomic E-state index is 13.6. The number of carbonyl (C=O) groups is 2. The lowest BCUT2D eigenvalue weighted by atomic mass is 9.94. The maximum Gasteiger partial charge on any atom is 0.339 e. The molecule has 0 unspecified atom stereocenters. The van der Waals surface area contributed by atoms with Gasteiger partial charge in [-0.2, -0.15) is 0 Å². The molecule has 0 spiro atoms. The number of amidine groups is 1. The summed E-state index contributed by atoms with van der Waals surface area (Å²) in [7, 11) is 0. The van der Waals surface area contributed by atoms with Crippen molar-refractivity contribution in [2.24, 2.45) is 4.99 Å². The third-order valence-electron chi connectivity index (χ3n) is 6.47. The molecule has 2 aliphatic rings. The second-order valence-corrected chi connectivity index (χ2v) is 11.1. The molecule has 38 heavy (non-hydrogen) atoms. The number of rotatable bonds is 6. The first kappa shape index (κ1) is 26.3. The molecule has 5 rings (SSSR count). The Hall–Kier alpha value is -3.29. The molecule has 6 nitrogen and oxygen atoms in total. The van der Waals surface area contributed by atoms with Gasteiger partial charge in [0.25, 0.3) is 5.91 Å². The summed E-state index contributed by atoms with van der Waals surface area (Å²) in [6.45, 7) is 3.60. The van der Waals surface area contributed by atoms with Crippen molar-refractivity contribution in [2.45, 2.75) is 58.1 Å². The largest absolute Gasteiger partial charge is 0.459 e. The van der Waals surface area contributed by atoms with Crippen LogP contribution in [-0.2, 0) is 9.53 Å². The predicted molar refractivity (Wildman–Crippen MR) is 153 cm³/mol. The summed E-state index contributed by atoms with van der Waals surface area (Å²) in [6, 6.07) is 18.4. The maximum absolute atomic E-state index is 13.6. The Kier molecular flexibility index (Phi) is 8.05. The Morgan fingerprint density at radius 2 is 1.87 bits per heavy atom. The van der Waals surface area contributed by atoms with Crippen LogP contribution in [0, 0.1) is 0 Å². The number of carbonyl (C=O) groups excluding carboxylic acids is 2. The van der Waals surface area contributed by atoms with E-state index in [0.717, 1.165) is 31.4 Å². The van der Waals surface area contributed by atoms with Crippen LogP contribution in [0.2, 0.25) is 5.02 Å². The number of aliphatic imine (C=N–C) groups is 1. The molecular weight excluding hydrogens is 520 g/mol. The van der Waals surface area contributed by atoms with Crippen molar-refractivity contribution in [2.75, 3.05) is 0 Å². The van der Waals surface area contributed by atoms with E-state index in [0.29, 0.717) is 37.7 Å². The molecular formula is C30H29ClN2O4S. The zero-order chi connectivity index (χ0) is 26.6. The van der Waals surface area contributed by atoms with Crippen LogP contribution in [0.25, 0.3) is 17.4 Å². The molecule has 0 bridgehead atoms. The lowest BCUT2D eigenvalue weighted by Gasteiger charge is -2.30. The summed E-state index contributed by atoms with van der Waals surface area (Å²) in [5.74, 6) is 0.462. The first-order chi connectivity index (χ1) is 18.4. The molecule has 1 aliphatic heterocycles. The fraction of sp³-hybridized carbons (Fsp3) is 0.300. The Bertz CT molecular complexity index is 1390. The molecule has 2 aromatic carbocycles. The number of ether oxygens (including phenoxy) is 1. The van der Waals surface area contributed by atoms with Gasteiger partial charge in [-0.1, -0.05) is 49.1 Å². The number of hydrogen-bond donors (Lipinski definition) is 0. The highest BCUT2D eigenvalue weighted by Crippen LogP contribution is 2.39. The van der Waals surface area contributed by atoms with Crippen LogP contribution >= 0.6 is 23.4 Å². The van der Waals surface area contributed by atoms with Gasteiger partial charge in [-0.05, 0) is 80.9 Å². The molecule has 1 aliphatic carbocycles. The SMILES string of the molecule is CC(C)OC(=O)c1ccc(Cl)cc1-c1ccc(/C=C2/SC(=Nc3ccccc3)N(C3CCCCC3)C2=O)o1. The van der Waals surface area contributed by atoms with Crippen LogP contribution in [0.15, 0.2) is 75.0 Å². The zero-order valence-corrected chi connectivity index (χ0v) is 22.9. The first-order valence-corrected chi connectivity index (χ1v) is 14.1. The molecule has 3 aromatic rings. The van der Waals surface area contributed by atoms with Gasteiger partial charge in [0.1, 0.15) is 11.5 Å². The fourth-order valence-electron chi connectivity index (χ4n) is 4.72. The number of furan rings is 1. The van der Waals surface area contributed by atoms with Crippen LogP contribution in [-0.4, -0.2) is 34.1 Å². The van der Waals surface area contributed by atoms with Gasteiger partial charge in [0, 0.05) is 22.7 Å². The molecule has 1 amide bonds. The van der Waals surface area contributed by atoms with E-state index in [-0.39, 0.29) is 18.1 Å². The average molecular weight is 549 g/mol. The summed E-state index contributed by atoms with van der Waals surface area (Å²) in [4.78, 5) is 33.5. The Labute approximate surface area is 231 Å². The van der Waals surface area contributed by atoms with Crippen molar-refractivity contribution in [3.63, 3.8) is 0 Å². The highest BCUT2D eigenvalue weighted by atomic mass is 35.5. The highest BCUT2D eigenvalue weighted by molar-refractivity contribution is 8.18. The number of nitrogens with zero attached hydrogens (tertiary/aromatic N) is 2. The van der Waals surface area contributed by atoms with Gasteiger partial charge in [0.05, 0.1) is 22.3 Å². The summed E-state index contributed by atoms with van der Waals surface area (Å²) in [5, 5.41) is 1.17. The van der Waals surface area contributed by atoms with Crippen LogP contribution in [0.3, 0.4) is 0 Å². The molecule has 2 fully saturated rings. The molecule has 1 saturated heterocycles. The van der Waals surface area contributed by atoms with Crippen LogP contribution < -0.4 is 0 Å². The first-order valence-electron chi connectivity index (χ1n) is 12.9. The lowest BCUT2D eigenvalue weighted by molar-refractivity contribution is -0.124. The number of amides is 1. The minimum absolute atomic E-state index is 0.0570. The summed E-state index contributed by atoms with van der Waals surface area (Å²) in [6.07, 6.45) is 6.86. The second kappa shape index (κ2) is 11.6. The summed E-state index contributed by atoms with van der Waals surface area (Å²) < 4.78 is 11.5. The van der Waals surface area contributed by atoms with Crippen molar-refractivity contribution < 1.29 is 18.7 Å². The average Bonchev–Trinajstić information content (AvgIpc) is 3.49. The fourth-order valence-corrected chi connectivity index (χ4v) is 5.93. The molecule has 8 heteroatoms.